The Morgan fingerprint density at radius 1 is 0.333 bits per heavy atom. The van der Waals surface area contributed by atoms with E-state index in [4.69, 9.17) is 0 Å². The van der Waals surface area contributed by atoms with E-state index in [1.807, 2.05) is 0 Å². The van der Waals surface area contributed by atoms with Crippen LogP contribution >= 0.6 is 0 Å². The van der Waals surface area contributed by atoms with Crippen molar-refractivity contribution >= 4 is 34.1 Å². The monoisotopic (exact) mass is 848 g/mol. The third kappa shape index (κ3) is 5.67. The molecule has 13 rings (SSSR count). The van der Waals surface area contributed by atoms with Crippen LogP contribution < -0.4 is 9.80 Å². The number of benzene rings is 9. The first-order valence-electron chi connectivity index (χ1n) is 24.0. The normalized spacial score (nSPS) is 17.1. The Morgan fingerprint density at radius 2 is 0.742 bits per heavy atom. The van der Waals surface area contributed by atoms with Gasteiger partial charge in [0.05, 0.1) is 5.41 Å². The molecule has 66 heavy (non-hydrogen) atoms. The molecule has 2 heteroatoms. The second-order valence-electron chi connectivity index (χ2n) is 19.4. The lowest BCUT2D eigenvalue weighted by Crippen LogP contribution is -2.26. The van der Waals surface area contributed by atoms with Gasteiger partial charge in [-0.25, -0.2) is 0 Å². The van der Waals surface area contributed by atoms with Crippen LogP contribution in [0.25, 0.3) is 33.4 Å². The largest absolute Gasteiger partial charge is 0.310 e. The van der Waals surface area contributed by atoms with E-state index in [2.05, 4.69) is 236 Å². The first kappa shape index (κ1) is 39.0. The average molecular weight is 849 g/mol. The lowest BCUT2D eigenvalue weighted by Gasteiger charge is -2.35. The van der Waals surface area contributed by atoms with Gasteiger partial charge in [0.1, 0.15) is 0 Å². The van der Waals surface area contributed by atoms with Crippen LogP contribution in [0.4, 0.5) is 34.1 Å². The number of hydrogen-bond acceptors (Lipinski definition) is 2. The lowest BCUT2D eigenvalue weighted by atomic mass is 9.70. The van der Waals surface area contributed by atoms with Gasteiger partial charge in [-0.1, -0.05) is 179 Å². The number of rotatable bonds is 7. The first-order chi connectivity index (χ1) is 32.5. The van der Waals surface area contributed by atoms with E-state index >= 15 is 0 Å². The molecule has 0 heterocycles. The summed E-state index contributed by atoms with van der Waals surface area (Å²) in [6, 6.07) is 80.3. The zero-order valence-corrected chi connectivity index (χ0v) is 37.7. The zero-order chi connectivity index (χ0) is 44.0. The number of fused-ring (bicyclic) bond motifs is 13. The van der Waals surface area contributed by atoms with Crippen molar-refractivity contribution in [1.29, 1.82) is 0 Å². The van der Waals surface area contributed by atoms with Crippen molar-refractivity contribution in [2.45, 2.75) is 62.7 Å². The molecule has 1 unspecified atom stereocenters. The van der Waals surface area contributed by atoms with Gasteiger partial charge in [0.15, 0.2) is 0 Å². The summed E-state index contributed by atoms with van der Waals surface area (Å²) >= 11 is 0. The third-order valence-electron chi connectivity index (χ3n) is 15.6. The molecule has 1 saturated carbocycles. The average Bonchev–Trinajstić information content (AvgIpc) is 3.93. The summed E-state index contributed by atoms with van der Waals surface area (Å²) in [6.45, 7) is 4.80. The molecule has 1 atom stereocenters. The molecule has 4 aliphatic rings. The van der Waals surface area contributed by atoms with Gasteiger partial charge in [0.2, 0.25) is 0 Å². The number of anilines is 6. The molecule has 0 N–H and O–H groups in total. The van der Waals surface area contributed by atoms with Crippen LogP contribution in [0.5, 0.6) is 0 Å². The van der Waals surface area contributed by atoms with Crippen LogP contribution in [0.2, 0.25) is 0 Å². The fourth-order valence-electron chi connectivity index (χ4n) is 12.7. The van der Waals surface area contributed by atoms with Crippen LogP contribution in [0.3, 0.4) is 0 Å². The number of para-hydroxylation sites is 3. The molecule has 1 fully saturated rings. The zero-order valence-electron chi connectivity index (χ0n) is 37.7. The summed E-state index contributed by atoms with van der Waals surface area (Å²) in [6.07, 6.45) is 6.38. The predicted molar refractivity (Wildman–Crippen MR) is 275 cm³/mol. The lowest BCUT2D eigenvalue weighted by molar-refractivity contribution is 0.444. The standard InChI is InChI=1S/C64H52N2/c1-63(2)56-30-16-12-27-50(56)53-37-35-47(40-59(53)63)66(62-33-19-15-26-49(62)43-20-6-3-7-21-43)48-36-39-55-52-29-14-18-32-58(52)64(61(55)42-48)57-31-17-13-28-51(57)54-38-34-46(41-60(54)64)65(44-22-8-4-9-23-44)45-24-10-5-11-25-45/h4-5,8-19,22-43H,3,6-7,20-21H2,1-2H3. The van der Waals surface area contributed by atoms with Crippen LogP contribution in [0.1, 0.15) is 90.8 Å². The first-order valence-corrected chi connectivity index (χ1v) is 24.0. The fraction of sp³-hybridized carbons (Fsp3) is 0.156. The predicted octanol–water partition coefficient (Wildman–Crippen LogP) is 17.3. The molecule has 0 radical (unpaired) electrons. The molecule has 2 nitrogen and oxygen atoms in total. The van der Waals surface area contributed by atoms with Crippen LogP contribution in [-0.2, 0) is 10.8 Å². The molecule has 0 bridgehead atoms. The van der Waals surface area contributed by atoms with Gasteiger partial charge < -0.3 is 9.80 Å². The Hall–Kier alpha value is -7.42. The summed E-state index contributed by atoms with van der Waals surface area (Å²) in [5.74, 6) is 0.529. The topological polar surface area (TPSA) is 6.48 Å². The minimum absolute atomic E-state index is 0.123. The molecule has 0 amide bonds. The third-order valence-corrected chi connectivity index (χ3v) is 15.6. The maximum atomic E-state index is 2.62. The van der Waals surface area contributed by atoms with Gasteiger partial charge in [-0.05, 0) is 158 Å². The van der Waals surface area contributed by atoms with Crippen molar-refractivity contribution < 1.29 is 0 Å². The van der Waals surface area contributed by atoms with E-state index in [0.717, 1.165) is 17.1 Å². The smallest absolute Gasteiger partial charge is 0.0727 e. The maximum absolute atomic E-state index is 2.62. The molecule has 9 aromatic rings. The molecule has 1 spiro atoms. The Morgan fingerprint density at radius 3 is 1.30 bits per heavy atom. The van der Waals surface area contributed by atoms with Crippen molar-refractivity contribution in [3.8, 4) is 33.4 Å². The highest BCUT2D eigenvalue weighted by Crippen LogP contribution is 2.64. The van der Waals surface area contributed by atoms with Gasteiger partial charge in [0, 0.05) is 39.5 Å². The van der Waals surface area contributed by atoms with Crippen molar-refractivity contribution in [3.05, 3.63) is 251 Å². The molecule has 9 aromatic carbocycles. The van der Waals surface area contributed by atoms with Crippen molar-refractivity contribution in [2.24, 2.45) is 0 Å². The summed E-state index contributed by atoms with van der Waals surface area (Å²) in [4.78, 5) is 5.03. The molecule has 0 aliphatic heterocycles. The SMILES string of the molecule is CC1(C)c2ccccc2-c2ccc(N(c3ccc4c(c3)C3(c5ccccc5-c5ccc(N(c6ccccc6)c6ccccc6)cc53)c3ccccc3-4)c3ccccc3C3CCCCC3)cc21. The van der Waals surface area contributed by atoms with Gasteiger partial charge in [-0.15, -0.1) is 0 Å². The highest BCUT2D eigenvalue weighted by atomic mass is 15.2. The van der Waals surface area contributed by atoms with Gasteiger partial charge in [0.25, 0.3) is 0 Å². The Bertz CT molecular complexity index is 3290. The summed E-state index contributed by atoms with van der Waals surface area (Å²) in [7, 11) is 0. The summed E-state index contributed by atoms with van der Waals surface area (Å²) in [5, 5.41) is 0. The van der Waals surface area contributed by atoms with Crippen molar-refractivity contribution in [1.82, 2.24) is 0 Å². The summed E-state index contributed by atoms with van der Waals surface area (Å²) < 4.78 is 0. The van der Waals surface area contributed by atoms with E-state index in [-0.39, 0.29) is 5.41 Å². The van der Waals surface area contributed by atoms with Gasteiger partial charge >= 0.3 is 0 Å². The highest BCUT2D eigenvalue weighted by molar-refractivity contribution is 5.98. The quantitative estimate of drug-likeness (QED) is 0.158. The second kappa shape index (κ2) is 15.1. The molecular formula is C64H52N2. The molecular weight excluding hydrogens is 797 g/mol. The molecule has 0 aromatic heterocycles. The molecule has 318 valence electrons. The van der Waals surface area contributed by atoms with Crippen LogP contribution in [0, 0.1) is 0 Å². The summed E-state index contributed by atoms with van der Waals surface area (Å²) in [5.41, 5.74) is 23.9. The number of hydrogen-bond donors (Lipinski definition) is 0. The Kier molecular flexibility index (Phi) is 8.90. The van der Waals surface area contributed by atoms with Gasteiger partial charge in [-0.2, -0.15) is 0 Å². The van der Waals surface area contributed by atoms with Crippen LogP contribution in [0.15, 0.2) is 212 Å². The fourth-order valence-corrected chi connectivity index (χ4v) is 12.7. The molecule has 0 saturated heterocycles. The Balaban J connectivity index is 1.06. The minimum atomic E-state index is -0.543. The minimum Gasteiger partial charge on any atom is -0.310 e. The van der Waals surface area contributed by atoms with Crippen molar-refractivity contribution in [2.75, 3.05) is 9.80 Å². The second-order valence-corrected chi connectivity index (χ2v) is 19.4. The van der Waals surface area contributed by atoms with E-state index in [1.54, 1.807) is 0 Å². The van der Waals surface area contributed by atoms with Gasteiger partial charge in [-0.3, -0.25) is 0 Å². The van der Waals surface area contributed by atoms with Crippen LogP contribution in [-0.4, -0.2) is 0 Å². The van der Waals surface area contributed by atoms with E-state index < -0.39 is 5.41 Å². The number of nitrogens with zero attached hydrogens (tertiary/aromatic N) is 2. The molecule has 4 aliphatic carbocycles. The highest BCUT2D eigenvalue weighted by Gasteiger charge is 2.52. The van der Waals surface area contributed by atoms with E-state index in [1.165, 1.54) is 121 Å². The van der Waals surface area contributed by atoms with Crippen molar-refractivity contribution in [3.63, 3.8) is 0 Å². The van der Waals surface area contributed by atoms with E-state index in [9.17, 15) is 0 Å². The Labute approximate surface area is 389 Å². The van der Waals surface area contributed by atoms with E-state index in [0.29, 0.717) is 5.92 Å². The maximum Gasteiger partial charge on any atom is 0.0727 e.